The molecule has 1 aliphatic rings. The number of hydrogen-bond acceptors (Lipinski definition) is 3. The number of aryl methyl sites for hydroxylation is 1. The van der Waals surface area contributed by atoms with E-state index in [0.29, 0.717) is 11.5 Å². The Bertz CT molecular complexity index is 667. The topological polar surface area (TPSA) is 54.9 Å². The normalized spacial score (nSPS) is 16.8. The van der Waals surface area contributed by atoms with E-state index < -0.39 is 0 Å². The quantitative estimate of drug-likeness (QED) is 0.941. The van der Waals surface area contributed by atoms with Crippen molar-refractivity contribution in [3.63, 3.8) is 0 Å². The van der Waals surface area contributed by atoms with Crippen molar-refractivity contribution in [2.75, 3.05) is 0 Å². The first-order chi connectivity index (χ1) is 10.1. The van der Waals surface area contributed by atoms with Crippen LogP contribution < -0.4 is 5.32 Å². The fraction of sp³-hybridized carbons (Fsp3) is 0.353. The Morgan fingerprint density at radius 3 is 2.90 bits per heavy atom. The van der Waals surface area contributed by atoms with Gasteiger partial charge in [0.05, 0.1) is 6.04 Å². The molecule has 0 radical (unpaired) electrons. The van der Waals surface area contributed by atoms with E-state index in [-0.39, 0.29) is 17.9 Å². The van der Waals surface area contributed by atoms with Gasteiger partial charge in [0.25, 0.3) is 5.91 Å². The molecule has 1 heterocycles. The third-order valence-corrected chi connectivity index (χ3v) is 3.86. The highest BCUT2D eigenvalue weighted by Crippen LogP contribution is 2.30. The van der Waals surface area contributed by atoms with Crippen LogP contribution >= 0.6 is 0 Å². The highest BCUT2D eigenvalue weighted by atomic mass is 16.1. The summed E-state index contributed by atoms with van der Waals surface area (Å²) >= 11 is 0. The van der Waals surface area contributed by atoms with Gasteiger partial charge in [-0.1, -0.05) is 38.1 Å². The van der Waals surface area contributed by atoms with Crippen LogP contribution in [-0.2, 0) is 6.42 Å². The van der Waals surface area contributed by atoms with Gasteiger partial charge < -0.3 is 5.32 Å². The summed E-state index contributed by atoms with van der Waals surface area (Å²) in [6.45, 7) is 4.04. The minimum absolute atomic E-state index is 0.0890. The van der Waals surface area contributed by atoms with Gasteiger partial charge in [0.2, 0.25) is 0 Å². The number of carbonyl (C=O) groups is 1. The molecule has 0 saturated carbocycles. The summed E-state index contributed by atoms with van der Waals surface area (Å²) in [7, 11) is 0. The van der Waals surface area contributed by atoms with Gasteiger partial charge in [0, 0.05) is 12.1 Å². The molecular weight excluding hydrogens is 262 g/mol. The Labute approximate surface area is 124 Å². The third kappa shape index (κ3) is 2.79. The van der Waals surface area contributed by atoms with Crippen LogP contribution in [0.25, 0.3) is 0 Å². The van der Waals surface area contributed by atoms with E-state index in [2.05, 4.69) is 27.4 Å². The van der Waals surface area contributed by atoms with Crippen molar-refractivity contribution < 1.29 is 4.79 Å². The first-order valence-electron chi connectivity index (χ1n) is 7.37. The molecule has 1 amide bonds. The average molecular weight is 281 g/mol. The van der Waals surface area contributed by atoms with E-state index in [1.807, 2.05) is 26.0 Å². The molecule has 4 nitrogen and oxygen atoms in total. The molecule has 0 aliphatic heterocycles. The monoisotopic (exact) mass is 281 g/mol. The molecule has 3 rings (SSSR count). The van der Waals surface area contributed by atoms with Gasteiger partial charge >= 0.3 is 0 Å². The molecule has 0 saturated heterocycles. The summed E-state index contributed by atoms with van der Waals surface area (Å²) in [6, 6.07) is 10.0. The van der Waals surface area contributed by atoms with Gasteiger partial charge in [-0.2, -0.15) is 0 Å². The zero-order chi connectivity index (χ0) is 14.8. The minimum Gasteiger partial charge on any atom is -0.344 e. The Kier molecular flexibility index (Phi) is 3.69. The van der Waals surface area contributed by atoms with Crippen molar-refractivity contribution in [2.45, 2.75) is 38.6 Å². The van der Waals surface area contributed by atoms with Crippen LogP contribution in [0.15, 0.2) is 36.5 Å². The SMILES string of the molecule is CC(C)c1nccc(C(=O)NC2CCc3ccccc32)n1. The molecule has 1 unspecified atom stereocenters. The summed E-state index contributed by atoms with van der Waals surface area (Å²) in [5.74, 6) is 0.792. The second-order valence-electron chi connectivity index (χ2n) is 5.72. The van der Waals surface area contributed by atoms with Crippen molar-refractivity contribution in [3.05, 3.63) is 59.2 Å². The maximum atomic E-state index is 12.4. The maximum absolute atomic E-state index is 12.4. The number of hydrogen-bond donors (Lipinski definition) is 1. The first-order valence-corrected chi connectivity index (χ1v) is 7.37. The van der Waals surface area contributed by atoms with Gasteiger partial charge in [-0.15, -0.1) is 0 Å². The van der Waals surface area contributed by atoms with Crippen molar-refractivity contribution in [3.8, 4) is 0 Å². The highest BCUT2D eigenvalue weighted by Gasteiger charge is 2.24. The number of amides is 1. The molecule has 1 aliphatic carbocycles. The number of rotatable bonds is 3. The smallest absolute Gasteiger partial charge is 0.270 e. The van der Waals surface area contributed by atoms with Crippen LogP contribution in [0.1, 0.15) is 59.7 Å². The fourth-order valence-electron chi connectivity index (χ4n) is 2.72. The number of fused-ring (bicyclic) bond motifs is 1. The van der Waals surface area contributed by atoms with Gasteiger partial charge in [-0.25, -0.2) is 9.97 Å². The molecule has 0 fully saturated rings. The molecule has 1 atom stereocenters. The van der Waals surface area contributed by atoms with Gasteiger partial charge in [-0.3, -0.25) is 4.79 Å². The van der Waals surface area contributed by atoms with E-state index in [1.54, 1.807) is 12.3 Å². The standard InChI is InChI=1S/C17H19N3O/c1-11(2)16-18-10-9-15(19-16)17(21)20-14-8-7-12-5-3-4-6-13(12)14/h3-6,9-11,14H,7-8H2,1-2H3,(H,20,21). The Balaban J connectivity index is 1.77. The number of carbonyl (C=O) groups excluding carboxylic acids is 1. The third-order valence-electron chi connectivity index (χ3n) is 3.86. The summed E-state index contributed by atoms with van der Waals surface area (Å²) in [5, 5.41) is 3.09. The van der Waals surface area contributed by atoms with E-state index in [0.717, 1.165) is 12.8 Å². The van der Waals surface area contributed by atoms with E-state index >= 15 is 0 Å². The molecule has 0 bridgehead atoms. The van der Waals surface area contributed by atoms with Crippen LogP contribution in [0.2, 0.25) is 0 Å². The lowest BCUT2D eigenvalue weighted by molar-refractivity contribution is 0.0931. The summed E-state index contributed by atoms with van der Waals surface area (Å²) in [4.78, 5) is 20.9. The van der Waals surface area contributed by atoms with Gasteiger partial charge in [0.15, 0.2) is 0 Å². The first kappa shape index (κ1) is 13.7. The molecule has 1 aromatic carbocycles. The number of benzene rings is 1. The van der Waals surface area contributed by atoms with Crippen molar-refractivity contribution in [1.82, 2.24) is 15.3 Å². The molecule has 1 aromatic heterocycles. The lowest BCUT2D eigenvalue weighted by Crippen LogP contribution is -2.28. The minimum atomic E-state index is -0.124. The molecule has 0 spiro atoms. The van der Waals surface area contributed by atoms with Crippen LogP contribution in [0.4, 0.5) is 0 Å². The van der Waals surface area contributed by atoms with E-state index in [4.69, 9.17) is 0 Å². The van der Waals surface area contributed by atoms with Crippen molar-refractivity contribution >= 4 is 5.91 Å². The number of nitrogens with one attached hydrogen (secondary N) is 1. The molecule has 21 heavy (non-hydrogen) atoms. The number of nitrogens with zero attached hydrogens (tertiary/aromatic N) is 2. The summed E-state index contributed by atoms with van der Waals surface area (Å²) in [5.41, 5.74) is 3.00. The zero-order valence-electron chi connectivity index (χ0n) is 12.3. The molecule has 108 valence electrons. The Hall–Kier alpha value is -2.23. The van der Waals surface area contributed by atoms with Crippen LogP contribution in [0, 0.1) is 0 Å². The van der Waals surface area contributed by atoms with Crippen LogP contribution in [0.5, 0.6) is 0 Å². The molecule has 4 heteroatoms. The second kappa shape index (κ2) is 5.64. The molecular formula is C17H19N3O. The van der Waals surface area contributed by atoms with E-state index in [9.17, 15) is 4.79 Å². The van der Waals surface area contributed by atoms with Gasteiger partial charge in [-0.05, 0) is 30.0 Å². The highest BCUT2D eigenvalue weighted by molar-refractivity contribution is 5.92. The second-order valence-corrected chi connectivity index (χ2v) is 5.72. The lowest BCUT2D eigenvalue weighted by Gasteiger charge is -2.14. The average Bonchev–Trinajstić information content (AvgIpc) is 2.91. The lowest BCUT2D eigenvalue weighted by atomic mass is 10.1. The Morgan fingerprint density at radius 1 is 1.29 bits per heavy atom. The largest absolute Gasteiger partial charge is 0.344 e. The predicted octanol–water partition coefficient (Wildman–Crippen LogP) is 3.02. The van der Waals surface area contributed by atoms with Crippen molar-refractivity contribution in [1.29, 1.82) is 0 Å². The van der Waals surface area contributed by atoms with E-state index in [1.165, 1.54) is 11.1 Å². The van der Waals surface area contributed by atoms with Crippen molar-refractivity contribution in [2.24, 2.45) is 0 Å². The van der Waals surface area contributed by atoms with Crippen LogP contribution in [0.3, 0.4) is 0 Å². The fourth-order valence-corrected chi connectivity index (χ4v) is 2.72. The summed E-state index contributed by atoms with van der Waals surface area (Å²) in [6.07, 6.45) is 3.62. The van der Waals surface area contributed by atoms with Crippen LogP contribution in [-0.4, -0.2) is 15.9 Å². The Morgan fingerprint density at radius 2 is 2.10 bits per heavy atom. The summed E-state index contributed by atoms with van der Waals surface area (Å²) < 4.78 is 0. The maximum Gasteiger partial charge on any atom is 0.270 e. The van der Waals surface area contributed by atoms with Gasteiger partial charge in [0.1, 0.15) is 11.5 Å². The molecule has 2 aromatic rings. The molecule has 1 N–H and O–H groups in total. The number of aromatic nitrogens is 2. The zero-order valence-corrected chi connectivity index (χ0v) is 12.3. The predicted molar refractivity (Wildman–Crippen MR) is 81.1 cm³/mol.